The van der Waals surface area contributed by atoms with Crippen LogP contribution in [0, 0.1) is 12.7 Å². The molecule has 0 saturated carbocycles. The number of hydrogen-bond donors (Lipinski definition) is 1. The van der Waals surface area contributed by atoms with Gasteiger partial charge in [-0.2, -0.15) is 5.10 Å². The molecule has 1 unspecified atom stereocenters. The number of hydrogen-bond acceptors (Lipinski definition) is 4. The summed E-state index contributed by atoms with van der Waals surface area (Å²) in [6.07, 6.45) is 9.10. The van der Waals surface area contributed by atoms with Crippen LogP contribution in [0.15, 0.2) is 61.3 Å². The molecule has 146 valence electrons. The van der Waals surface area contributed by atoms with E-state index in [-0.39, 0.29) is 17.8 Å². The number of fused-ring (bicyclic) bond motifs is 1. The van der Waals surface area contributed by atoms with Crippen molar-refractivity contribution >= 4 is 16.8 Å². The van der Waals surface area contributed by atoms with Gasteiger partial charge in [0.15, 0.2) is 0 Å². The molecule has 3 heterocycles. The SMILES string of the molecule is CCC(NC(=O)c1cncc2c1cnn2-c1ccc(F)cc1)c1cncc(C)c1. The lowest BCUT2D eigenvalue weighted by atomic mass is 10.0. The van der Waals surface area contributed by atoms with Crippen molar-refractivity contribution in [1.29, 1.82) is 0 Å². The first kappa shape index (κ1) is 18.7. The van der Waals surface area contributed by atoms with Gasteiger partial charge in [0.2, 0.25) is 0 Å². The molecule has 0 bridgehead atoms. The van der Waals surface area contributed by atoms with Crippen LogP contribution in [0.5, 0.6) is 0 Å². The zero-order chi connectivity index (χ0) is 20.4. The Labute approximate surface area is 167 Å². The Morgan fingerprint density at radius 2 is 1.86 bits per heavy atom. The van der Waals surface area contributed by atoms with Crippen LogP contribution >= 0.6 is 0 Å². The number of nitrogens with zero attached hydrogens (tertiary/aromatic N) is 4. The van der Waals surface area contributed by atoms with Gasteiger partial charge in [-0.1, -0.05) is 13.0 Å². The van der Waals surface area contributed by atoms with E-state index in [0.717, 1.165) is 17.5 Å². The molecule has 0 saturated heterocycles. The van der Waals surface area contributed by atoms with Gasteiger partial charge in [0.05, 0.1) is 35.2 Å². The summed E-state index contributed by atoms with van der Waals surface area (Å²) in [6, 6.07) is 7.87. The zero-order valence-corrected chi connectivity index (χ0v) is 16.1. The minimum absolute atomic E-state index is 0.155. The first-order valence-electron chi connectivity index (χ1n) is 9.37. The molecule has 7 heteroatoms. The molecular formula is C22H20FN5O. The Morgan fingerprint density at radius 1 is 1.10 bits per heavy atom. The number of carbonyl (C=O) groups is 1. The van der Waals surface area contributed by atoms with Gasteiger partial charge in [-0.15, -0.1) is 0 Å². The molecule has 3 aromatic heterocycles. The van der Waals surface area contributed by atoms with Gasteiger partial charge in [0.25, 0.3) is 5.91 Å². The van der Waals surface area contributed by atoms with Crippen LogP contribution in [0.1, 0.15) is 40.9 Å². The van der Waals surface area contributed by atoms with E-state index < -0.39 is 0 Å². The lowest BCUT2D eigenvalue weighted by molar-refractivity contribution is 0.0937. The molecule has 1 amide bonds. The number of carbonyl (C=O) groups excluding carboxylic acids is 1. The Morgan fingerprint density at radius 3 is 2.59 bits per heavy atom. The number of pyridine rings is 2. The molecule has 29 heavy (non-hydrogen) atoms. The van der Waals surface area contributed by atoms with Gasteiger partial charge < -0.3 is 5.32 Å². The molecular weight excluding hydrogens is 369 g/mol. The second-order valence-corrected chi connectivity index (χ2v) is 6.88. The third kappa shape index (κ3) is 3.71. The van der Waals surface area contributed by atoms with Crippen LogP contribution < -0.4 is 5.32 Å². The smallest absolute Gasteiger partial charge is 0.254 e. The highest BCUT2D eigenvalue weighted by molar-refractivity contribution is 6.06. The Balaban J connectivity index is 1.67. The zero-order valence-electron chi connectivity index (χ0n) is 16.1. The Kier molecular flexibility index (Phi) is 5.03. The minimum Gasteiger partial charge on any atom is -0.345 e. The van der Waals surface area contributed by atoms with Crippen LogP contribution in [0.4, 0.5) is 4.39 Å². The summed E-state index contributed by atoms with van der Waals surface area (Å²) in [5.41, 5.74) is 3.81. The normalized spacial score (nSPS) is 12.1. The van der Waals surface area contributed by atoms with Gasteiger partial charge in [-0.3, -0.25) is 14.8 Å². The molecule has 0 aliphatic rings. The number of benzene rings is 1. The summed E-state index contributed by atoms with van der Waals surface area (Å²) in [7, 11) is 0. The van der Waals surface area contributed by atoms with Crippen LogP contribution in [-0.4, -0.2) is 25.7 Å². The van der Waals surface area contributed by atoms with Crippen molar-refractivity contribution in [2.75, 3.05) is 0 Å². The van der Waals surface area contributed by atoms with E-state index in [1.165, 1.54) is 18.3 Å². The largest absolute Gasteiger partial charge is 0.345 e. The van der Waals surface area contributed by atoms with Crippen molar-refractivity contribution in [2.24, 2.45) is 0 Å². The number of nitrogens with one attached hydrogen (secondary N) is 1. The summed E-state index contributed by atoms with van der Waals surface area (Å²) in [5.74, 6) is -0.547. The summed E-state index contributed by atoms with van der Waals surface area (Å²) in [6.45, 7) is 3.98. The quantitative estimate of drug-likeness (QED) is 0.557. The topological polar surface area (TPSA) is 72.7 Å². The second-order valence-electron chi connectivity index (χ2n) is 6.88. The number of amides is 1. The van der Waals surface area contributed by atoms with Crippen LogP contribution in [0.25, 0.3) is 16.6 Å². The average Bonchev–Trinajstić information content (AvgIpc) is 3.16. The molecule has 6 nitrogen and oxygen atoms in total. The minimum atomic E-state index is -0.320. The third-order valence-corrected chi connectivity index (χ3v) is 4.82. The molecule has 0 aliphatic heterocycles. The summed E-state index contributed by atoms with van der Waals surface area (Å²) < 4.78 is 14.9. The highest BCUT2D eigenvalue weighted by Gasteiger charge is 2.19. The van der Waals surface area contributed by atoms with Crippen molar-refractivity contribution < 1.29 is 9.18 Å². The van der Waals surface area contributed by atoms with E-state index in [1.54, 1.807) is 41.6 Å². The van der Waals surface area contributed by atoms with Crippen molar-refractivity contribution in [2.45, 2.75) is 26.3 Å². The molecule has 0 spiro atoms. The van der Waals surface area contributed by atoms with E-state index >= 15 is 0 Å². The Hall–Kier alpha value is -3.61. The molecule has 1 atom stereocenters. The maximum absolute atomic E-state index is 13.2. The van der Waals surface area contributed by atoms with Crippen molar-refractivity contribution in [3.8, 4) is 5.69 Å². The fourth-order valence-electron chi connectivity index (χ4n) is 3.34. The lowest BCUT2D eigenvalue weighted by Crippen LogP contribution is -2.28. The third-order valence-electron chi connectivity index (χ3n) is 4.82. The lowest BCUT2D eigenvalue weighted by Gasteiger charge is -2.17. The van der Waals surface area contributed by atoms with Crippen LogP contribution in [0.2, 0.25) is 0 Å². The molecule has 1 N–H and O–H groups in total. The van der Waals surface area contributed by atoms with Crippen molar-refractivity contribution in [3.63, 3.8) is 0 Å². The van der Waals surface area contributed by atoms with E-state index in [9.17, 15) is 9.18 Å². The second kappa shape index (κ2) is 7.79. The first-order valence-corrected chi connectivity index (χ1v) is 9.37. The average molecular weight is 389 g/mol. The van der Waals surface area contributed by atoms with Crippen molar-refractivity contribution in [1.82, 2.24) is 25.1 Å². The first-order chi connectivity index (χ1) is 14.1. The number of aromatic nitrogens is 4. The Bertz CT molecular complexity index is 1170. The molecule has 4 aromatic rings. The molecule has 0 aliphatic carbocycles. The van der Waals surface area contributed by atoms with Crippen LogP contribution in [-0.2, 0) is 0 Å². The van der Waals surface area contributed by atoms with Crippen LogP contribution in [0.3, 0.4) is 0 Å². The van der Waals surface area contributed by atoms with E-state index in [4.69, 9.17) is 0 Å². The molecule has 0 fully saturated rings. The van der Waals surface area contributed by atoms with E-state index in [0.29, 0.717) is 22.2 Å². The number of rotatable bonds is 5. The summed E-state index contributed by atoms with van der Waals surface area (Å²) in [4.78, 5) is 21.5. The number of halogens is 1. The van der Waals surface area contributed by atoms with Gasteiger partial charge >= 0.3 is 0 Å². The maximum atomic E-state index is 13.2. The fraction of sp³-hybridized carbons (Fsp3) is 0.182. The van der Waals surface area contributed by atoms with E-state index in [1.807, 2.05) is 19.9 Å². The fourth-order valence-corrected chi connectivity index (χ4v) is 3.34. The summed E-state index contributed by atoms with van der Waals surface area (Å²) in [5, 5.41) is 8.12. The van der Waals surface area contributed by atoms with Gasteiger partial charge in [-0.05, 0) is 48.7 Å². The maximum Gasteiger partial charge on any atom is 0.254 e. The predicted octanol–water partition coefficient (Wildman–Crippen LogP) is 4.14. The standard InChI is InChI=1S/C22H20FN5O/c1-3-20(15-8-14(2)9-24-10-15)27-22(29)19-11-25-13-21-18(19)12-26-28(21)17-6-4-16(23)5-7-17/h4-13,20H,3H2,1-2H3,(H,27,29). The predicted molar refractivity (Wildman–Crippen MR) is 108 cm³/mol. The monoisotopic (exact) mass is 389 g/mol. The van der Waals surface area contributed by atoms with Gasteiger partial charge in [-0.25, -0.2) is 9.07 Å². The molecule has 4 rings (SSSR count). The molecule has 0 radical (unpaired) electrons. The highest BCUT2D eigenvalue weighted by Crippen LogP contribution is 2.23. The van der Waals surface area contributed by atoms with Gasteiger partial charge in [0, 0.05) is 24.0 Å². The highest BCUT2D eigenvalue weighted by atomic mass is 19.1. The molecule has 1 aromatic carbocycles. The summed E-state index contributed by atoms with van der Waals surface area (Å²) >= 11 is 0. The van der Waals surface area contributed by atoms with Gasteiger partial charge in [0.1, 0.15) is 5.82 Å². The van der Waals surface area contributed by atoms with Crippen molar-refractivity contribution in [3.05, 3.63) is 83.8 Å². The van der Waals surface area contributed by atoms with E-state index in [2.05, 4.69) is 20.4 Å². The number of aryl methyl sites for hydroxylation is 1.